The average molecular weight is 404 g/mol. The molecule has 0 radical (unpaired) electrons. The van der Waals surface area contributed by atoms with Gasteiger partial charge in [-0.1, -0.05) is 19.1 Å². The lowest BCUT2D eigenvalue weighted by Gasteiger charge is -2.33. The van der Waals surface area contributed by atoms with Crippen molar-refractivity contribution >= 4 is 17.4 Å². The molecule has 30 heavy (non-hydrogen) atoms. The summed E-state index contributed by atoms with van der Waals surface area (Å²) in [6.07, 6.45) is 4.46. The predicted molar refractivity (Wildman–Crippen MR) is 117 cm³/mol. The Kier molecular flexibility index (Phi) is 6.02. The molecule has 3 aromatic rings. The second kappa shape index (κ2) is 9.03. The summed E-state index contributed by atoms with van der Waals surface area (Å²) in [6.45, 7) is 3.56. The van der Waals surface area contributed by atoms with Crippen LogP contribution in [0.2, 0.25) is 0 Å². The van der Waals surface area contributed by atoms with Crippen LogP contribution in [0, 0.1) is 11.7 Å². The van der Waals surface area contributed by atoms with Crippen molar-refractivity contribution in [2.24, 2.45) is 5.92 Å². The number of aryl methyl sites for hydroxylation is 1. The van der Waals surface area contributed by atoms with Gasteiger partial charge < -0.3 is 10.2 Å². The van der Waals surface area contributed by atoms with E-state index >= 15 is 0 Å². The van der Waals surface area contributed by atoms with Crippen molar-refractivity contribution in [2.75, 3.05) is 23.3 Å². The monoisotopic (exact) mass is 404 g/mol. The summed E-state index contributed by atoms with van der Waals surface area (Å²) in [5.74, 6) is 0.985. The van der Waals surface area contributed by atoms with Gasteiger partial charge in [-0.25, -0.2) is 14.4 Å². The van der Waals surface area contributed by atoms with E-state index in [0.717, 1.165) is 42.9 Å². The number of carbonyl (C=O) groups is 1. The maximum Gasteiger partial charge on any atom is 0.229 e. The van der Waals surface area contributed by atoms with Gasteiger partial charge in [0.25, 0.3) is 0 Å². The number of hydrogen-bond acceptors (Lipinski definition) is 4. The molecule has 1 aliphatic rings. The maximum absolute atomic E-state index is 13.2. The molecule has 5 nitrogen and oxygen atoms in total. The van der Waals surface area contributed by atoms with Crippen molar-refractivity contribution in [2.45, 2.75) is 26.2 Å². The molecule has 2 aromatic carbocycles. The number of benzene rings is 2. The van der Waals surface area contributed by atoms with Crippen molar-refractivity contribution in [3.63, 3.8) is 0 Å². The summed E-state index contributed by atoms with van der Waals surface area (Å²) in [5.41, 5.74) is 2.84. The lowest BCUT2D eigenvalue weighted by Crippen LogP contribution is -2.41. The van der Waals surface area contributed by atoms with Crippen LogP contribution in [-0.2, 0) is 11.2 Å². The summed E-state index contributed by atoms with van der Waals surface area (Å²) in [4.78, 5) is 23.9. The van der Waals surface area contributed by atoms with Crippen LogP contribution in [0.3, 0.4) is 0 Å². The molecule has 1 amide bonds. The molecule has 2 heterocycles. The minimum atomic E-state index is -0.288. The first kappa shape index (κ1) is 20.0. The highest BCUT2D eigenvalue weighted by Gasteiger charge is 2.27. The topological polar surface area (TPSA) is 58.1 Å². The van der Waals surface area contributed by atoms with Gasteiger partial charge in [0.15, 0.2) is 5.82 Å². The summed E-state index contributed by atoms with van der Waals surface area (Å²) in [7, 11) is 0. The molecule has 1 atom stereocenters. The van der Waals surface area contributed by atoms with Gasteiger partial charge in [-0.2, -0.15) is 0 Å². The number of rotatable bonds is 5. The van der Waals surface area contributed by atoms with E-state index in [-0.39, 0.29) is 17.6 Å². The van der Waals surface area contributed by atoms with Crippen LogP contribution in [0.1, 0.15) is 25.3 Å². The molecule has 1 unspecified atom stereocenters. The first-order valence-corrected chi connectivity index (χ1v) is 10.4. The average Bonchev–Trinajstić information content (AvgIpc) is 2.80. The SMILES string of the molecule is CCc1ccc(NC(=O)C2CCCN(c3ccnc(-c4ccc(F)cc4)n3)C2)cc1. The molecule has 1 aliphatic heterocycles. The van der Waals surface area contributed by atoms with E-state index in [1.165, 1.54) is 17.7 Å². The standard InChI is InChI=1S/C24H25FN4O/c1-2-17-5-11-21(12-6-17)27-24(30)19-4-3-15-29(16-19)22-13-14-26-23(28-22)18-7-9-20(25)10-8-18/h5-14,19H,2-4,15-16H2,1H3,(H,27,30). The number of piperidine rings is 1. The molecule has 1 N–H and O–H groups in total. The lowest BCUT2D eigenvalue weighted by molar-refractivity contribution is -0.120. The number of nitrogens with zero attached hydrogens (tertiary/aromatic N) is 3. The van der Waals surface area contributed by atoms with Crippen LogP contribution < -0.4 is 10.2 Å². The van der Waals surface area contributed by atoms with Crippen molar-refractivity contribution in [3.05, 3.63) is 72.2 Å². The number of nitrogens with one attached hydrogen (secondary N) is 1. The molecule has 0 bridgehead atoms. The largest absolute Gasteiger partial charge is 0.356 e. The molecule has 0 spiro atoms. The summed E-state index contributed by atoms with van der Waals surface area (Å²) in [5, 5.41) is 3.04. The van der Waals surface area contributed by atoms with E-state index in [1.807, 2.05) is 30.3 Å². The van der Waals surface area contributed by atoms with Crippen LogP contribution in [-0.4, -0.2) is 29.0 Å². The van der Waals surface area contributed by atoms with Gasteiger partial charge in [-0.3, -0.25) is 4.79 Å². The fourth-order valence-electron chi connectivity index (χ4n) is 3.73. The van der Waals surface area contributed by atoms with Crippen LogP contribution >= 0.6 is 0 Å². The molecular formula is C24H25FN4O. The van der Waals surface area contributed by atoms with E-state index in [1.54, 1.807) is 18.3 Å². The number of hydrogen-bond donors (Lipinski definition) is 1. The zero-order valence-corrected chi connectivity index (χ0v) is 17.0. The third-order valence-electron chi connectivity index (χ3n) is 5.49. The summed E-state index contributed by atoms with van der Waals surface area (Å²) < 4.78 is 13.2. The lowest BCUT2D eigenvalue weighted by atomic mass is 9.97. The third kappa shape index (κ3) is 4.64. The number of aromatic nitrogens is 2. The van der Waals surface area contributed by atoms with Gasteiger partial charge in [-0.15, -0.1) is 0 Å². The van der Waals surface area contributed by atoms with Crippen molar-refractivity contribution in [1.29, 1.82) is 0 Å². The first-order valence-electron chi connectivity index (χ1n) is 10.4. The molecule has 0 aliphatic carbocycles. The fourth-order valence-corrected chi connectivity index (χ4v) is 3.73. The molecule has 1 saturated heterocycles. The molecule has 0 saturated carbocycles. The minimum Gasteiger partial charge on any atom is -0.356 e. The number of amides is 1. The Bertz CT molecular complexity index is 1000. The van der Waals surface area contributed by atoms with Crippen LogP contribution in [0.5, 0.6) is 0 Å². The van der Waals surface area contributed by atoms with Gasteiger partial charge in [0.05, 0.1) is 5.92 Å². The Hall–Kier alpha value is -3.28. The van der Waals surface area contributed by atoms with Crippen molar-refractivity contribution < 1.29 is 9.18 Å². The zero-order valence-electron chi connectivity index (χ0n) is 17.0. The van der Waals surface area contributed by atoms with E-state index in [2.05, 4.69) is 27.1 Å². The smallest absolute Gasteiger partial charge is 0.229 e. The third-order valence-corrected chi connectivity index (χ3v) is 5.49. The highest BCUT2D eigenvalue weighted by molar-refractivity contribution is 5.93. The van der Waals surface area contributed by atoms with E-state index < -0.39 is 0 Å². The minimum absolute atomic E-state index is 0.0387. The van der Waals surface area contributed by atoms with E-state index in [4.69, 9.17) is 0 Å². The predicted octanol–water partition coefficient (Wildman–Crippen LogP) is 4.70. The molecular weight excluding hydrogens is 379 g/mol. The summed E-state index contributed by atoms with van der Waals surface area (Å²) in [6, 6.07) is 16.0. The second-order valence-electron chi connectivity index (χ2n) is 7.57. The summed E-state index contributed by atoms with van der Waals surface area (Å²) >= 11 is 0. The Morgan fingerprint density at radius 3 is 2.63 bits per heavy atom. The highest BCUT2D eigenvalue weighted by atomic mass is 19.1. The van der Waals surface area contributed by atoms with E-state index in [0.29, 0.717) is 12.4 Å². The molecule has 4 rings (SSSR count). The van der Waals surface area contributed by atoms with Crippen molar-refractivity contribution in [3.8, 4) is 11.4 Å². The first-order chi connectivity index (χ1) is 14.6. The normalized spacial score (nSPS) is 16.3. The Balaban J connectivity index is 1.45. The number of anilines is 2. The van der Waals surface area contributed by atoms with E-state index in [9.17, 15) is 9.18 Å². The van der Waals surface area contributed by atoms with Gasteiger partial charge in [0.2, 0.25) is 5.91 Å². The Morgan fingerprint density at radius 2 is 1.90 bits per heavy atom. The number of halogens is 1. The quantitative estimate of drug-likeness (QED) is 0.670. The molecule has 154 valence electrons. The van der Waals surface area contributed by atoms with Gasteiger partial charge >= 0.3 is 0 Å². The van der Waals surface area contributed by atoms with Crippen LogP contribution in [0.15, 0.2) is 60.8 Å². The fraction of sp³-hybridized carbons (Fsp3) is 0.292. The van der Waals surface area contributed by atoms with Crippen LogP contribution in [0.25, 0.3) is 11.4 Å². The van der Waals surface area contributed by atoms with Crippen molar-refractivity contribution in [1.82, 2.24) is 9.97 Å². The molecule has 1 aromatic heterocycles. The highest BCUT2D eigenvalue weighted by Crippen LogP contribution is 2.25. The second-order valence-corrected chi connectivity index (χ2v) is 7.57. The van der Waals surface area contributed by atoms with Gasteiger partial charge in [0.1, 0.15) is 11.6 Å². The Morgan fingerprint density at radius 1 is 1.13 bits per heavy atom. The molecule has 1 fully saturated rings. The van der Waals surface area contributed by atoms with Gasteiger partial charge in [-0.05, 0) is 67.3 Å². The maximum atomic E-state index is 13.2. The zero-order chi connectivity index (χ0) is 20.9. The van der Waals surface area contributed by atoms with Gasteiger partial charge in [0, 0.05) is 30.5 Å². The number of carbonyl (C=O) groups excluding carboxylic acids is 1. The Labute approximate surface area is 176 Å². The van der Waals surface area contributed by atoms with Crippen LogP contribution in [0.4, 0.5) is 15.9 Å². The molecule has 6 heteroatoms.